The Hall–Kier alpha value is -0.623. The third-order valence-electron chi connectivity index (χ3n) is 7.40. The fraction of sp³-hybridized carbons (Fsp3) is 0.759. The molecule has 0 fully saturated rings. The Kier molecular flexibility index (Phi) is 11.2. The van der Waals surface area contributed by atoms with Gasteiger partial charge in [-0.25, -0.2) is 0 Å². The summed E-state index contributed by atoms with van der Waals surface area (Å²) in [5, 5.41) is 11.4. The minimum Gasteiger partial charge on any atom is -0.411 e. The van der Waals surface area contributed by atoms with E-state index < -0.39 is 20.3 Å². The van der Waals surface area contributed by atoms with E-state index in [1.54, 1.807) is 0 Å². The first-order chi connectivity index (χ1) is 15.3. The largest absolute Gasteiger partial charge is 0.411 e. The number of rotatable bonds is 10. The number of hydrogen-bond acceptors (Lipinski definition) is 4. The van der Waals surface area contributed by atoms with Crippen LogP contribution in [0.5, 0.6) is 0 Å². The van der Waals surface area contributed by atoms with Crippen molar-refractivity contribution < 1.29 is 14.3 Å². The van der Waals surface area contributed by atoms with Crippen molar-refractivity contribution in [2.45, 2.75) is 136 Å². The minimum absolute atomic E-state index is 0.0121. The number of aliphatic hydroxyl groups excluding tert-OH is 1. The van der Waals surface area contributed by atoms with Crippen LogP contribution >= 0.6 is 11.8 Å². The van der Waals surface area contributed by atoms with Crippen molar-refractivity contribution in [3.8, 4) is 0 Å². The second-order valence-corrected chi connectivity index (χ2v) is 18.6. The molecule has 3 nitrogen and oxygen atoms in total. The summed E-state index contributed by atoms with van der Waals surface area (Å²) in [6.07, 6.45) is -1.20. The molecule has 0 bridgehead atoms. The summed E-state index contributed by atoms with van der Waals surface area (Å²) in [5.74, 6) is 0.665. The monoisotopic (exact) mass is 508 g/mol. The lowest BCUT2D eigenvalue weighted by Gasteiger charge is -2.42. The van der Waals surface area contributed by atoms with E-state index >= 15 is 0 Å². The van der Waals surface area contributed by atoms with Gasteiger partial charge >= 0.3 is 0 Å². The van der Waals surface area contributed by atoms with E-state index in [1.807, 2.05) is 6.92 Å². The minimum atomic E-state index is -2.09. The number of thioether (sulfide) groups is 1. The molecule has 0 spiro atoms. The van der Waals surface area contributed by atoms with Crippen molar-refractivity contribution >= 4 is 25.2 Å². The molecule has 0 aliphatic carbocycles. The van der Waals surface area contributed by atoms with E-state index in [2.05, 4.69) is 101 Å². The predicted octanol–water partition coefficient (Wildman–Crippen LogP) is 8.72. The standard InChI is InChI=1S/C29H52O3SSi/c1-17(2)22-15-23(18(3)4)27(24(16-22)19(5)6)33-28(31)21(9)25(30)26(20(7)8)32-34(13,14)29(10,11)12/h15-21,25-26,30H,1-14H3/t21-,25-,26+/m1/s1. The molecule has 5 heteroatoms. The van der Waals surface area contributed by atoms with Crippen LogP contribution in [0.2, 0.25) is 18.1 Å². The maximum absolute atomic E-state index is 13.6. The summed E-state index contributed by atoms with van der Waals surface area (Å²) in [6.45, 7) is 30.2. The van der Waals surface area contributed by atoms with Gasteiger partial charge in [0.05, 0.1) is 18.1 Å². The summed E-state index contributed by atoms with van der Waals surface area (Å²) in [4.78, 5) is 14.6. The molecule has 1 aromatic carbocycles. The molecule has 34 heavy (non-hydrogen) atoms. The number of carbonyl (C=O) groups excluding carboxylic acids is 1. The first kappa shape index (κ1) is 31.4. The van der Waals surface area contributed by atoms with Crippen LogP contribution in [0.3, 0.4) is 0 Å². The van der Waals surface area contributed by atoms with Gasteiger partial charge in [-0.05, 0) is 58.5 Å². The highest BCUT2D eigenvalue weighted by Gasteiger charge is 2.43. The Morgan fingerprint density at radius 2 is 1.32 bits per heavy atom. The Bertz CT molecular complexity index is 792. The van der Waals surface area contributed by atoms with Crippen LogP contribution in [0, 0.1) is 11.8 Å². The summed E-state index contributed by atoms with van der Waals surface area (Å²) < 4.78 is 6.64. The topological polar surface area (TPSA) is 46.5 Å². The number of aliphatic hydroxyl groups is 1. The lowest BCUT2D eigenvalue weighted by molar-refractivity contribution is -0.120. The zero-order valence-corrected chi connectivity index (χ0v) is 26.2. The molecule has 0 aliphatic rings. The Morgan fingerprint density at radius 1 is 0.882 bits per heavy atom. The van der Waals surface area contributed by atoms with Crippen molar-refractivity contribution in [3.63, 3.8) is 0 Å². The van der Waals surface area contributed by atoms with Gasteiger partial charge in [0.1, 0.15) is 0 Å². The van der Waals surface area contributed by atoms with Gasteiger partial charge in [-0.1, -0.05) is 107 Å². The van der Waals surface area contributed by atoms with E-state index in [4.69, 9.17) is 4.43 Å². The zero-order chi connectivity index (χ0) is 26.8. The van der Waals surface area contributed by atoms with E-state index in [-0.39, 0.29) is 22.2 Å². The Morgan fingerprint density at radius 3 is 1.65 bits per heavy atom. The van der Waals surface area contributed by atoms with Crippen LogP contribution in [0.15, 0.2) is 17.0 Å². The maximum Gasteiger partial charge on any atom is 0.199 e. The van der Waals surface area contributed by atoms with Gasteiger partial charge < -0.3 is 9.53 Å². The predicted molar refractivity (Wildman–Crippen MR) is 152 cm³/mol. The van der Waals surface area contributed by atoms with Gasteiger partial charge in [-0.3, -0.25) is 4.79 Å². The van der Waals surface area contributed by atoms with Crippen LogP contribution in [0.25, 0.3) is 0 Å². The van der Waals surface area contributed by atoms with Gasteiger partial charge in [-0.2, -0.15) is 0 Å². The third-order valence-corrected chi connectivity index (χ3v) is 13.1. The van der Waals surface area contributed by atoms with E-state index in [1.165, 1.54) is 28.5 Å². The van der Waals surface area contributed by atoms with Gasteiger partial charge in [-0.15, -0.1) is 0 Å². The summed E-state index contributed by atoms with van der Waals surface area (Å²) in [6, 6.07) is 4.55. The van der Waals surface area contributed by atoms with Crippen LogP contribution in [-0.4, -0.2) is 30.7 Å². The quantitative estimate of drug-likeness (QED) is 0.253. The number of carbonyl (C=O) groups is 1. The molecule has 1 N–H and O–H groups in total. The lowest BCUT2D eigenvalue weighted by atomic mass is 9.89. The highest BCUT2D eigenvalue weighted by molar-refractivity contribution is 8.13. The van der Waals surface area contributed by atoms with E-state index in [0.717, 1.165) is 4.90 Å². The fourth-order valence-corrected chi connectivity index (χ4v) is 6.54. The average Bonchev–Trinajstić information content (AvgIpc) is 2.69. The highest BCUT2D eigenvalue weighted by atomic mass is 32.2. The first-order valence-corrected chi connectivity index (χ1v) is 16.8. The first-order valence-electron chi connectivity index (χ1n) is 13.1. The van der Waals surface area contributed by atoms with Crippen LogP contribution in [0.4, 0.5) is 0 Å². The van der Waals surface area contributed by atoms with Crippen LogP contribution < -0.4 is 0 Å². The molecule has 196 valence electrons. The highest BCUT2D eigenvalue weighted by Crippen LogP contribution is 2.42. The zero-order valence-electron chi connectivity index (χ0n) is 24.4. The van der Waals surface area contributed by atoms with Crippen molar-refractivity contribution in [2.24, 2.45) is 11.8 Å². The van der Waals surface area contributed by atoms with Crippen molar-refractivity contribution in [3.05, 3.63) is 28.8 Å². The fourth-order valence-electron chi connectivity index (χ4n) is 3.74. The molecule has 0 heterocycles. The smallest absolute Gasteiger partial charge is 0.199 e. The van der Waals surface area contributed by atoms with Crippen molar-refractivity contribution in [1.82, 2.24) is 0 Å². The Labute approximate surface area is 216 Å². The second-order valence-electron chi connectivity index (χ2n) is 12.8. The molecular formula is C29H52O3SSi. The number of hydrogen-bond donors (Lipinski definition) is 1. The summed E-state index contributed by atoms with van der Waals surface area (Å²) in [5.41, 5.74) is 3.78. The molecule has 0 unspecified atom stereocenters. The van der Waals surface area contributed by atoms with Crippen LogP contribution in [-0.2, 0) is 9.22 Å². The van der Waals surface area contributed by atoms with Gasteiger partial charge in [0, 0.05) is 4.90 Å². The molecular weight excluding hydrogens is 456 g/mol. The summed E-state index contributed by atoms with van der Waals surface area (Å²) in [7, 11) is -2.09. The Balaban J connectivity index is 3.32. The molecule has 1 rings (SSSR count). The molecule has 0 saturated carbocycles. The third kappa shape index (κ3) is 7.69. The van der Waals surface area contributed by atoms with Gasteiger partial charge in [0.15, 0.2) is 13.4 Å². The lowest BCUT2D eigenvalue weighted by Crippen LogP contribution is -2.50. The average molecular weight is 509 g/mol. The number of benzene rings is 1. The van der Waals surface area contributed by atoms with E-state index in [9.17, 15) is 9.90 Å². The van der Waals surface area contributed by atoms with E-state index in [0.29, 0.717) is 17.8 Å². The molecule has 3 atom stereocenters. The maximum atomic E-state index is 13.6. The SMILES string of the molecule is CC(C)c1cc(C(C)C)c(SC(=O)[C@H](C)[C@@H](O)[C@@H](O[Si](C)(C)C(C)(C)C)C(C)C)c(C(C)C)c1. The molecule has 1 aromatic rings. The van der Waals surface area contributed by atoms with Crippen LogP contribution in [0.1, 0.15) is 118 Å². The second kappa shape index (κ2) is 12.1. The van der Waals surface area contributed by atoms with Gasteiger partial charge in [0.2, 0.25) is 0 Å². The normalized spacial score (nSPS) is 16.0. The van der Waals surface area contributed by atoms with Crippen molar-refractivity contribution in [2.75, 3.05) is 0 Å². The molecule has 0 radical (unpaired) electrons. The van der Waals surface area contributed by atoms with Gasteiger partial charge in [0.25, 0.3) is 0 Å². The molecule has 0 amide bonds. The summed E-state index contributed by atoms with van der Waals surface area (Å²) >= 11 is 1.32. The van der Waals surface area contributed by atoms with Crippen molar-refractivity contribution in [1.29, 1.82) is 0 Å². The molecule has 0 aromatic heterocycles. The molecule has 0 aliphatic heterocycles. The molecule has 0 saturated heterocycles.